The molecule has 0 radical (unpaired) electrons. The summed E-state index contributed by atoms with van der Waals surface area (Å²) in [6, 6.07) is 2.61. The summed E-state index contributed by atoms with van der Waals surface area (Å²) in [5, 5.41) is 17.6. The highest BCUT2D eigenvalue weighted by Gasteiger charge is 2.20. The quantitative estimate of drug-likeness (QED) is 0.648. The Morgan fingerprint density at radius 3 is 2.27 bits per heavy atom. The van der Waals surface area contributed by atoms with E-state index in [0.29, 0.717) is 5.56 Å². The van der Waals surface area contributed by atoms with Crippen LogP contribution in [0.4, 0.5) is 5.69 Å². The first-order valence-corrected chi connectivity index (χ1v) is 4.00. The van der Waals surface area contributed by atoms with Gasteiger partial charge in [-0.25, -0.2) is 9.59 Å². The second-order valence-electron chi connectivity index (χ2n) is 2.81. The Bertz CT molecular complexity index is 451. The molecule has 4 N–H and O–H groups in total. The van der Waals surface area contributed by atoms with Crippen LogP contribution in [0.5, 0.6) is 0 Å². The molecule has 0 aliphatic rings. The zero-order chi connectivity index (χ0) is 11.6. The minimum absolute atomic E-state index is 0.0857. The molecule has 5 heteroatoms. The molecule has 5 nitrogen and oxygen atoms in total. The lowest BCUT2D eigenvalue weighted by atomic mass is 10.0. The average molecular weight is 207 g/mol. The minimum atomic E-state index is -1.37. The fourth-order valence-corrected chi connectivity index (χ4v) is 1.22. The van der Waals surface area contributed by atoms with Crippen molar-refractivity contribution < 1.29 is 19.8 Å². The Hall–Kier alpha value is -2.30. The Balaban J connectivity index is 3.58. The van der Waals surface area contributed by atoms with Crippen LogP contribution in [0.1, 0.15) is 26.3 Å². The smallest absolute Gasteiger partial charge is 0.338 e. The van der Waals surface area contributed by atoms with Gasteiger partial charge >= 0.3 is 11.9 Å². The van der Waals surface area contributed by atoms with Crippen LogP contribution in [-0.4, -0.2) is 22.2 Å². The molecule has 0 spiro atoms. The molecule has 1 aromatic rings. The van der Waals surface area contributed by atoms with Crippen molar-refractivity contribution in [1.29, 1.82) is 0 Å². The molecule has 0 saturated heterocycles. The van der Waals surface area contributed by atoms with Gasteiger partial charge in [0.25, 0.3) is 0 Å². The van der Waals surface area contributed by atoms with Crippen LogP contribution in [-0.2, 0) is 0 Å². The monoisotopic (exact) mass is 207 g/mol. The van der Waals surface area contributed by atoms with Crippen molar-refractivity contribution in [3.05, 3.63) is 35.4 Å². The van der Waals surface area contributed by atoms with Crippen LogP contribution in [0, 0.1) is 0 Å². The van der Waals surface area contributed by atoms with E-state index >= 15 is 0 Å². The molecule has 78 valence electrons. The maximum atomic E-state index is 10.8. The van der Waals surface area contributed by atoms with Gasteiger partial charge in [-0.3, -0.25) is 0 Å². The van der Waals surface area contributed by atoms with Gasteiger partial charge in [0.2, 0.25) is 0 Å². The number of anilines is 1. The molecule has 1 rings (SSSR count). The van der Waals surface area contributed by atoms with Crippen molar-refractivity contribution in [3.8, 4) is 0 Å². The van der Waals surface area contributed by atoms with Crippen LogP contribution < -0.4 is 5.73 Å². The lowest BCUT2D eigenvalue weighted by molar-refractivity contribution is 0.0652. The molecule has 15 heavy (non-hydrogen) atoms. The third-order valence-electron chi connectivity index (χ3n) is 1.94. The van der Waals surface area contributed by atoms with Crippen LogP contribution >= 0.6 is 0 Å². The largest absolute Gasteiger partial charge is 0.478 e. The number of carboxylic acids is 2. The Kier molecular flexibility index (Phi) is 2.75. The number of benzene rings is 1. The summed E-state index contributed by atoms with van der Waals surface area (Å²) < 4.78 is 0. The van der Waals surface area contributed by atoms with Crippen molar-refractivity contribution >= 4 is 23.7 Å². The first kappa shape index (κ1) is 10.8. The van der Waals surface area contributed by atoms with E-state index in [2.05, 4.69) is 6.58 Å². The van der Waals surface area contributed by atoms with Crippen molar-refractivity contribution in [3.63, 3.8) is 0 Å². The van der Waals surface area contributed by atoms with Gasteiger partial charge in [0.1, 0.15) is 0 Å². The SMILES string of the molecule is C=Cc1ccc(C(=O)O)c(C(=O)O)c1N. The molecule has 0 saturated carbocycles. The Labute approximate surface area is 85.5 Å². The average Bonchev–Trinajstić information content (AvgIpc) is 2.16. The third kappa shape index (κ3) is 1.80. The summed E-state index contributed by atoms with van der Waals surface area (Å²) in [5.74, 6) is -2.69. The summed E-state index contributed by atoms with van der Waals surface area (Å²) in [6.07, 6.45) is 1.37. The predicted molar refractivity (Wildman–Crippen MR) is 54.9 cm³/mol. The number of nitrogen functional groups attached to an aromatic ring is 1. The van der Waals surface area contributed by atoms with Crippen LogP contribution in [0.2, 0.25) is 0 Å². The van der Waals surface area contributed by atoms with E-state index in [0.717, 1.165) is 0 Å². The van der Waals surface area contributed by atoms with Gasteiger partial charge in [-0.15, -0.1) is 0 Å². The molecule has 0 aliphatic carbocycles. The highest BCUT2D eigenvalue weighted by atomic mass is 16.4. The standard InChI is InChI=1S/C10H9NO4/c1-2-5-3-4-6(9(12)13)7(8(5)11)10(14)15/h2-4H,1,11H2,(H,12,13)(H,14,15). The van der Waals surface area contributed by atoms with E-state index in [1.54, 1.807) is 0 Å². The lowest BCUT2D eigenvalue weighted by Crippen LogP contribution is -2.12. The zero-order valence-corrected chi connectivity index (χ0v) is 7.73. The van der Waals surface area contributed by atoms with Gasteiger partial charge in [-0.2, -0.15) is 0 Å². The van der Waals surface area contributed by atoms with E-state index in [9.17, 15) is 9.59 Å². The van der Waals surface area contributed by atoms with Gasteiger partial charge in [-0.05, 0) is 11.6 Å². The van der Waals surface area contributed by atoms with Gasteiger partial charge in [-0.1, -0.05) is 18.7 Å². The maximum absolute atomic E-state index is 10.8. The number of rotatable bonds is 3. The lowest BCUT2D eigenvalue weighted by Gasteiger charge is -2.07. The fraction of sp³-hybridized carbons (Fsp3) is 0. The molecule has 0 unspecified atom stereocenters. The highest BCUT2D eigenvalue weighted by molar-refractivity contribution is 6.06. The summed E-state index contributed by atoms with van der Waals surface area (Å²) in [4.78, 5) is 21.6. The number of carboxylic acid groups (broad SMARTS) is 2. The summed E-state index contributed by atoms with van der Waals surface area (Å²) >= 11 is 0. The molecule has 0 aliphatic heterocycles. The first-order valence-electron chi connectivity index (χ1n) is 4.00. The molecular formula is C10H9NO4. The molecule has 0 aromatic heterocycles. The molecule has 0 heterocycles. The molecule has 1 aromatic carbocycles. The highest BCUT2D eigenvalue weighted by Crippen LogP contribution is 2.23. The molecular weight excluding hydrogens is 198 g/mol. The van der Waals surface area contributed by atoms with Gasteiger partial charge in [0, 0.05) is 0 Å². The van der Waals surface area contributed by atoms with E-state index in [1.165, 1.54) is 18.2 Å². The molecule has 0 bridgehead atoms. The maximum Gasteiger partial charge on any atom is 0.338 e. The van der Waals surface area contributed by atoms with E-state index in [1.807, 2.05) is 0 Å². The van der Waals surface area contributed by atoms with Crippen LogP contribution in [0.3, 0.4) is 0 Å². The van der Waals surface area contributed by atoms with Crippen LogP contribution in [0.25, 0.3) is 6.08 Å². The topological polar surface area (TPSA) is 101 Å². The van der Waals surface area contributed by atoms with Gasteiger partial charge in [0.15, 0.2) is 0 Å². The van der Waals surface area contributed by atoms with Gasteiger partial charge < -0.3 is 15.9 Å². The van der Waals surface area contributed by atoms with E-state index < -0.39 is 17.5 Å². The second kappa shape index (κ2) is 3.83. The van der Waals surface area contributed by atoms with Crippen molar-refractivity contribution in [2.24, 2.45) is 0 Å². The number of hydrogen-bond donors (Lipinski definition) is 3. The molecule has 0 atom stereocenters. The molecule has 0 amide bonds. The Morgan fingerprint density at radius 1 is 1.27 bits per heavy atom. The summed E-state index contributed by atoms with van der Waals surface area (Å²) in [6.45, 7) is 3.45. The second-order valence-corrected chi connectivity index (χ2v) is 2.81. The van der Waals surface area contributed by atoms with Gasteiger partial charge in [0.05, 0.1) is 16.8 Å². The van der Waals surface area contributed by atoms with Crippen molar-refractivity contribution in [2.45, 2.75) is 0 Å². The minimum Gasteiger partial charge on any atom is -0.478 e. The third-order valence-corrected chi connectivity index (χ3v) is 1.94. The predicted octanol–water partition coefficient (Wildman–Crippen LogP) is 1.31. The van der Waals surface area contributed by atoms with Crippen molar-refractivity contribution in [2.75, 3.05) is 5.73 Å². The fourth-order valence-electron chi connectivity index (χ4n) is 1.22. The zero-order valence-electron chi connectivity index (χ0n) is 7.73. The van der Waals surface area contributed by atoms with Crippen molar-refractivity contribution in [1.82, 2.24) is 0 Å². The van der Waals surface area contributed by atoms with Crippen LogP contribution in [0.15, 0.2) is 18.7 Å². The Morgan fingerprint density at radius 2 is 1.87 bits per heavy atom. The normalized spacial score (nSPS) is 9.60. The first-order chi connectivity index (χ1) is 6.99. The molecule has 0 fully saturated rings. The summed E-state index contributed by atoms with van der Waals surface area (Å²) in [5.41, 5.74) is 5.10. The summed E-state index contributed by atoms with van der Waals surface area (Å²) in [7, 11) is 0. The van der Waals surface area contributed by atoms with E-state index in [4.69, 9.17) is 15.9 Å². The number of nitrogens with two attached hydrogens (primary N) is 1. The number of aromatic carboxylic acids is 2. The number of hydrogen-bond acceptors (Lipinski definition) is 3. The van der Waals surface area contributed by atoms with E-state index in [-0.39, 0.29) is 11.3 Å². The number of carbonyl (C=O) groups is 2.